The third-order valence-corrected chi connectivity index (χ3v) is 4.72. The number of urea groups is 1. The van der Waals surface area contributed by atoms with Crippen molar-refractivity contribution in [1.82, 2.24) is 25.4 Å². The van der Waals surface area contributed by atoms with Gasteiger partial charge in [0.15, 0.2) is 11.0 Å². The van der Waals surface area contributed by atoms with E-state index in [9.17, 15) is 9.59 Å². The molecule has 0 radical (unpaired) electrons. The first kappa shape index (κ1) is 19.3. The van der Waals surface area contributed by atoms with Crippen LogP contribution in [0.4, 0.5) is 4.79 Å². The van der Waals surface area contributed by atoms with E-state index in [1.165, 1.54) is 11.8 Å². The molecule has 7 nitrogen and oxygen atoms in total. The van der Waals surface area contributed by atoms with Crippen LogP contribution >= 0.6 is 23.4 Å². The smallest absolute Gasteiger partial charge is 0.321 e. The molecule has 0 fully saturated rings. The van der Waals surface area contributed by atoms with Gasteiger partial charge in [0.25, 0.3) is 0 Å². The van der Waals surface area contributed by atoms with Crippen molar-refractivity contribution in [3.8, 4) is 11.4 Å². The van der Waals surface area contributed by atoms with Crippen molar-refractivity contribution in [2.75, 3.05) is 0 Å². The highest BCUT2D eigenvalue weighted by atomic mass is 35.5. The molecule has 9 heteroatoms. The summed E-state index contributed by atoms with van der Waals surface area (Å²) in [5.74, 6) is 0.212. The Morgan fingerprint density at radius 2 is 1.88 bits per heavy atom. The van der Waals surface area contributed by atoms with Gasteiger partial charge >= 0.3 is 6.03 Å². The second kappa shape index (κ2) is 8.35. The van der Waals surface area contributed by atoms with Crippen molar-refractivity contribution in [1.29, 1.82) is 0 Å². The average Bonchev–Trinajstić information content (AvgIpc) is 2.88. The molecule has 0 aliphatic carbocycles. The molecule has 1 heterocycles. The number of rotatable bonds is 5. The third kappa shape index (κ3) is 4.96. The average molecular weight is 382 g/mol. The highest BCUT2D eigenvalue weighted by Gasteiger charge is 2.21. The van der Waals surface area contributed by atoms with E-state index in [-0.39, 0.29) is 6.04 Å². The van der Waals surface area contributed by atoms with Gasteiger partial charge in [-0.2, -0.15) is 0 Å². The van der Waals surface area contributed by atoms with Gasteiger partial charge in [-0.25, -0.2) is 4.79 Å². The number of hydrogen-bond acceptors (Lipinski definition) is 5. The van der Waals surface area contributed by atoms with Crippen molar-refractivity contribution in [2.45, 2.75) is 37.2 Å². The summed E-state index contributed by atoms with van der Waals surface area (Å²) in [5.41, 5.74) is 0.763. The lowest BCUT2D eigenvalue weighted by molar-refractivity contribution is -0.119. The molecule has 2 aromatic rings. The number of amides is 3. The molecule has 0 saturated carbocycles. The molecule has 25 heavy (non-hydrogen) atoms. The highest BCUT2D eigenvalue weighted by Crippen LogP contribution is 2.29. The normalized spacial score (nSPS) is 12.1. The number of thioether (sulfide) groups is 1. The summed E-state index contributed by atoms with van der Waals surface area (Å²) >= 11 is 7.41. The van der Waals surface area contributed by atoms with Crippen LogP contribution in [-0.4, -0.2) is 38.0 Å². The Balaban J connectivity index is 2.07. The van der Waals surface area contributed by atoms with Gasteiger partial charge in [-0.3, -0.25) is 10.1 Å². The van der Waals surface area contributed by atoms with Crippen molar-refractivity contribution >= 4 is 35.3 Å². The van der Waals surface area contributed by atoms with Crippen LogP contribution in [0.15, 0.2) is 29.4 Å². The zero-order valence-electron chi connectivity index (χ0n) is 14.4. The van der Waals surface area contributed by atoms with E-state index in [0.29, 0.717) is 16.0 Å². The van der Waals surface area contributed by atoms with Crippen LogP contribution < -0.4 is 10.6 Å². The molecule has 2 N–H and O–H groups in total. The van der Waals surface area contributed by atoms with E-state index in [4.69, 9.17) is 11.6 Å². The second-order valence-electron chi connectivity index (χ2n) is 5.72. The molecule has 0 aliphatic rings. The minimum Gasteiger partial charge on any atom is -0.336 e. The fraction of sp³-hybridized carbons (Fsp3) is 0.375. The molecular weight excluding hydrogens is 362 g/mol. The lowest BCUT2D eigenvalue weighted by Crippen LogP contribution is -2.45. The Labute approximate surface area is 155 Å². The van der Waals surface area contributed by atoms with Gasteiger partial charge in [-0.1, -0.05) is 35.5 Å². The maximum atomic E-state index is 12.1. The molecule has 0 spiro atoms. The van der Waals surface area contributed by atoms with Crippen LogP contribution in [0.5, 0.6) is 0 Å². The second-order valence-corrected chi connectivity index (χ2v) is 7.44. The number of aromatic nitrogens is 3. The Bertz CT molecular complexity index is 778. The predicted molar refractivity (Wildman–Crippen MR) is 98.6 cm³/mol. The molecule has 3 amide bonds. The summed E-state index contributed by atoms with van der Waals surface area (Å²) in [6.45, 7) is 5.34. The molecule has 0 unspecified atom stereocenters. The van der Waals surface area contributed by atoms with Gasteiger partial charge in [-0.05, 0) is 32.9 Å². The van der Waals surface area contributed by atoms with Crippen LogP contribution in [0.2, 0.25) is 5.02 Å². The van der Waals surface area contributed by atoms with Crippen molar-refractivity contribution in [2.24, 2.45) is 7.05 Å². The van der Waals surface area contributed by atoms with Gasteiger partial charge in [0.05, 0.1) is 10.3 Å². The molecule has 1 atom stereocenters. The fourth-order valence-corrected chi connectivity index (χ4v) is 3.05. The zero-order valence-corrected chi connectivity index (χ0v) is 16.0. The van der Waals surface area contributed by atoms with E-state index in [0.717, 1.165) is 5.56 Å². The Hall–Kier alpha value is -2.06. The molecule has 1 aromatic heterocycles. The Morgan fingerprint density at radius 3 is 2.52 bits per heavy atom. The minimum absolute atomic E-state index is 0.0484. The molecule has 0 aliphatic heterocycles. The Morgan fingerprint density at radius 1 is 1.20 bits per heavy atom. The summed E-state index contributed by atoms with van der Waals surface area (Å²) in [6.07, 6.45) is 0. The maximum Gasteiger partial charge on any atom is 0.321 e. The van der Waals surface area contributed by atoms with Gasteiger partial charge < -0.3 is 9.88 Å². The number of carbonyl (C=O) groups excluding carboxylic acids is 2. The first-order valence-corrected chi connectivity index (χ1v) is 8.97. The maximum absolute atomic E-state index is 12.1. The summed E-state index contributed by atoms with van der Waals surface area (Å²) in [5, 5.41) is 13.8. The lowest BCUT2D eigenvalue weighted by Gasteiger charge is -2.13. The zero-order chi connectivity index (χ0) is 18.6. The summed E-state index contributed by atoms with van der Waals surface area (Å²) in [4.78, 5) is 23.7. The van der Waals surface area contributed by atoms with E-state index in [1.807, 2.05) is 32.0 Å². The number of nitrogens with one attached hydrogen (secondary N) is 2. The summed E-state index contributed by atoms with van der Waals surface area (Å²) in [7, 11) is 1.80. The number of halogens is 1. The predicted octanol–water partition coefficient (Wildman–Crippen LogP) is 2.85. The first-order chi connectivity index (χ1) is 11.8. The minimum atomic E-state index is -0.514. The topological polar surface area (TPSA) is 88.9 Å². The summed E-state index contributed by atoms with van der Waals surface area (Å²) < 4.78 is 1.77. The molecule has 2 rings (SSSR count). The largest absolute Gasteiger partial charge is 0.336 e. The van der Waals surface area contributed by atoms with Crippen LogP contribution in [0.1, 0.15) is 20.8 Å². The van der Waals surface area contributed by atoms with E-state index < -0.39 is 17.2 Å². The van der Waals surface area contributed by atoms with Gasteiger partial charge in [0.2, 0.25) is 5.91 Å². The summed E-state index contributed by atoms with van der Waals surface area (Å²) in [6, 6.07) is 6.78. The van der Waals surface area contributed by atoms with E-state index in [2.05, 4.69) is 20.8 Å². The monoisotopic (exact) mass is 381 g/mol. The van der Waals surface area contributed by atoms with E-state index in [1.54, 1.807) is 24.6 Å². The van der Waals surface area contributed by atoms with Gasteiger partial charge in [-0.15, -0.1) is 10.2 Å². The van der Waals surface area contributed by atoms with Crippen LogP contribution in [0.3, 0.4) is 0 Å². The van der Waals surface area contributed by atoms with Gasteiger partial charge in [0.1, 0.15) is 0 Å². The molecule has 0 bridgehead atoms. The van der Waals surface area contributed by atoms with Crippen molar-refractivity contribution < 1.29 is 9.59 Å². The molecule has 134 valence electrons. The van der Waals surface area contributed by atoms with Crippen LogP contribution in [-0.2, 0) is 11.8 Å². The molecule has 0 saturated heterocycles. The van der Waals surface area contributed by atoms with E-state index >= 15 is 0 Å². The Kier molecular flexibility index (Phi) is 6.44. The third-order valence-electron chi connectivity index (χ3n) is 3.26. The number of nitrogens with zero attached hydrogens (tertiary/aromatic N) is 3. The number of hydrogen-bond donors (Lipinski definition) is 2. The van der Waals surface area contributed by atoms with Crippen LogP contribution in [0.25, 0.3) is 11.4 Å². The van der Waals surface area contributed by atoms with Crippen molar-refractivity contribution in [3.63, 3.8) is 0 Å². The first-order valence-electron chi connectivity index (χ1n) is 7.72. The fourth-order valence-electron chi connectivity index (χ4n) is 2.02. The number of carbonyl (C=O) groups is 2. The molecular formula is C16H20ClN5O2S. The number of benzene rings is 1. The van der Waals surface area contributed by atoms with Crippen LogP contribution in [0, 0.1) is 0 Å². The lowest BCUT2D eigenvalue weighted by atomic mass is 10.2. The molecule has 1 aromatic carbocycles. The standard InChI is InChI=1S/C16H20ClN5O2S/c1-9(2)18-15(24)19-14(23)10(3)25-16-21-20-13(22(16)4)11-7-5-6-8-12(11)17/h5-10H,1-4H3,(H2,18,19,23,24)/t10-/m0/s1. The number of imide groups is 1. The van der Waals surface area contributed by atoms with Gasteiger partial charge in [0, 0.05) is 18.7 Å². The SMILES string of the molecule is CC(C)NC(=O)NC(=O)[C@H](C)Sc1nnc(-c2ccccc2Cl)n1C. The van der Waals surface area contributed by atoms with Crippen molar-refractivity contribution in [3.05, 3.63) is 29.3 Å². The highest BCUT2D eigenvalue weighted by molar-refractivity contribution is 8.00. The quantitative estimate of drug-likeness (QED) is 0.777.